The van der Waals surface area contributed by atoms with Crippen LogP contribution in [0.25, 0.3) is 16.9 Å². The molecule has 3 aromatic rings. The Labute approximate surface area is 148 Å². The highest BCUT2D eigenvalue weighted by molar-refractivity contribution is 7.98. The highest BCUT2D eigenvalue weighted by Gasteiger charge is 2.37. The summed E-state index contributed by atoms with van der Waals surface area (Å²) >= 11 is 1.42. The molecule has 130 valence electrons. The Morgan fingerprint density at radius 1 is 1.36 bits per heavy atom. The van der Waals surface area contributed by atoms with Gasteiger partial charge < -0.3 is 5.11 Å². The summed E-state index contributed by atoms with van der Waals surface area (Å²) < 4.78 is 3.17. The third-order valence-electron chi connectivity index (χ3n) is 4.97. The Morgan fingerprint density at radius 2 is 2.16 bits per heavy atom. The van der Waals surface area contributed by atoms with Crippen molar-refractivity contribution in [3.63, 3.8) is 0 Å². The van der Waals surface area contributed by atoms with Gasteiger partial charge in [0.2, 0.25) is 0 Å². The molecule has 1 N–H and O–H groups in total. The van der Waals surface area contributed by atoms with Crippen molar-refractivity contribution >= 4 is 22.8 Å². The maximum absolute atomic E-state index is 12.5. The van der Waals surface area contributed by atoms with E-state index in [4.69, 9.17) is 4.98 Å². The topological polar surface area (TPSA) is 85.8 Å². The lowest BCUT2D eigenvalue weighted by molar-refractivity contribution is 0.0306. The minimum atomic E-state index is -0.896. The lowest BCUT2D eigenvalue weighted by Gasteiger charge is -2.21. The van der Waals surface area contributed by atoms with E-state index in [-0.39, 0.29) is 5.56 Å². The first-order valence-electron chi connectivity index (χ1n) is 8.20. The first kappa shape index (κ1) is 16.3. The molecule has 0 saturated carbocycles. The van der Waals surface area contributed by atoms with Crippen LogP contribution >= 0.6 is 11.8 Å². The zero-order valence-corrected chi connectivity index (χ0v) is 15.2. The van der Waals surface area contributed by atoms with Crippen molar-refractivity contribution in [1.82, 2.24) is 24.3 Å². The van der Waals surface area contributed by atoms with Crippen LogP contribution in [0, 0.1) is 0 Å². The maximum atomic E-state index is 12.5. The molecule has 1 aliphatic rings. The van der Waals surface area contributed by atoms with E-state index in [1.54, 1.807) is 17.9 Å². The fourth-order valence-electron chi connectivity index (χ4n) is 3.44. The van der Waals surface area contributed by atoms with Crippen molar-refractivity contribution in [2.75, 3.05) is 6.26 Å². The molecule has 3 heterocycles. The van der Waals surface area contributed by atoms with Crippen LogP contribution in [0.3, 0.4) is 0 Å². The zero-order valence-electron chi connectivity index (χ0n) is 14.4. The minimum Gasteiger partial charge on any atom is -0.384 e. The Hall–Kier alpha value is -2.19. The van der Waals surface area contributed by atoms with Crippen molar-refractivity contribution in [3.05, 3.63) is 39.9 Å². The maximum Gasteiger partial charge on any atom is 0.277 e. The molecule has 1 atom stereocenters. The molecule has 0 unspecified atom stereocenters. The number of rotatable bonds is 3. The van der Waals surface area contributed by atoms with Gasteiger partial charge >= 0.3 is 0 Å². The molecule has 0 radical (unpaired) electrons. The van der Waals surface area contributed by atoms with E-state index < -0.39 is 5.60 Å². The molecule has 8 heteroatoms. The van der Waals surface area contributed by atoms with Gasteiger partial charge in [0.05, 0.1) is 5.69 Å². The molecule has 4 rings (SSSR count). The summed E-state index contributed by atoms with van der Waals surface area (Å²) in [7, 11) is 1.68. The molecule has 0 fully saturated rings. The molecule has 0 aliphatic heterocycles. The number of thioether (sulfide) groups is 1. The number of aryl methyl sites for hydroxylation is 1. The predicted molar refractivity (Wildman–Crippen MR) is 96.2 cm³/mol. The van der Waals surface area contributed by atoms with Gasteiger partial charge in [-0.3, -0.25) is 4.79 Å². The second-order valence-corrected chi connectivity index (χ2v) is 7.07. The summed E-state index contributed by atoms with van der Waals surface area (Å²) in [5, 5.41) is 11.9. The Kier molecular flexibility index (Phi) is 3.69. The standard InChI is InChI=1S/C17H19N5O2S/c1-4-17(24)8-7-10-5-6-12(19-13(10)17)22-14-11(15(23)21(22)2)9-18-16(20-14)25-3/h5-6,9,24H,4,7-8H2,1-3H3/t17-/m1/s1. The fraction of sp³-hybridized carbons (Fsp3) is 0.412. The summed E-state index contributed by atoms with van der Waals surface area (Å²) in [5.74, 6) is 0.577. The Morgan fingerprint density at radius 3 is 2.88 bits per heavy atom. The highest BCUT2D eigenvalue weighted by Crippen LogP contribution is 2.38. The van der Waals surface area contributed by atoms with Crippen molar-refractivity contribution in [2.45, 2.75) is 36.9 Å². The van der Waals surface area contributed by atoms with Gasteiger partial charge in [-0.05, 0) is 37.1 Å². The van der Waals surface area contributed by atoms with E-state index in [1.165, 1.54) is 16.4 Å². The third kappa shape index (κ3) is 2.31. The number of hydrogen-bond donors (Lipinski definition) is 1. The van der Waals surface area contributed by atoms with Crippen LogP contribution in [0.5, 0.6) is 0 Å². The van der Waals surface area contributed by atoms with E-state index in [0.29, 0.717) is 40.5 Å². The normalized spacial score (nSPS) is 19.5. The van der Waals surface area contributed by atoms with Crippen LogP contribution in [0.2, 0.25) is 0 Å². The molecule has 7 nitrogen and oxygen atoms in total. The minimum absolute atomic E-state index is 0.171. The molecule has 0 aromatic carbocycles. The summed E-state index contributed by atoms with van der Waals surface area (Å²) in [6.45, 7) is 1.96. The third-order valence-corrected chi connectivity index (χ3v) is 5.53. The van der Waals surface area contributed by atoms with Crippen LogP contribution in [0.1, 0.15) is 31.0 Å². The van der Waals surface area contributed by atoms with Crippen LogP contribution in [0.15, 0.2) is 28.3 Å². The first-order chi connectivity index (χ1) is 12.0. The van der Waals surface area contributed by atoms with E-state index in [2.05, 4.69) is 9.97 Å². The van der Waals surface area contributed by atoms with Crippen molar-refractivity contribution in [2.24, 2.45) is 7.05 Å². The second kappa shape index (κ2) is 5.67. The lowest BCUT2D eigenvalue weighted by atomic mass is 9.98. The van der Waals surface area contributed by atoms with E-state index in [1.807, 2.05) is 25.3 Å². The number of hydrogen-bond acceptors (Lipinski definition) is 6. The average molecular weight is 357 g/mol. The summed E-state index contributed by atoms with van der Waals surface area (Å²) in [5.41, 5.74) is 1.23. The van der Waals surface area contributed by atoms with Crippen LogP contribution in [-0.4, -0.2) is 35.7 Å². The summed E-state index contributed by atoms with van der Waals surface area (Å²) in [4.78, 5) is 25.9. The Bertz CT molecular complexity index is 1040. The van der Waals surface area contributed by atoms with Gasteiger partial charge in [0, 0.05) is 13.2 Å². The zero-order chi connectivity index (χ0) is 17.8. The number of nitrogens with zero attached hydrogens (tertiary/aromatic N) is 5. The molecule has 25 heavy (non-hydrogen) atoms. The summed E-state index contributed by atoms with van der Waals surface area (Å²) in [6, 6.07) is 3.86. The monoisotopic (exact) mass is 357 g/mol. The van der Waals surface area contributed by atoms with Gasteiger partial charge in [0.25, 0.3) is 5.56 Å². The van der Waals surface area contributed by atoms with E-state index >= 15 is 0 Å². The van der Waals surface area contributed by atoms with Crippen molar-refractivity contribution < 1.29 is 5.11 Å². The SMILES string of the molecule is CC[C@@]1(O)CCc2ccc(-n3c4nc(SC)ncc4c(=O)n3C)nc21. The van der Waals surface area contributed by atoms with Crippen LogP contribution in [-0.2, 0) is 19.1 Å². The molecule has 0 spiro atoms. The van der Waals surface area contributed by atoms with Gasteiger partial charge in [-0.15, -0.1) is 0 Å². The largest absolute Gasteiger partial charge is 0.384 e. The van der Waals surface area contributed by atoms with E-state index in [9.17, 15) is 9.90 Å². The predicted octanol–water partition coefficient (Wildman–Crippen LogP) is 1.78. The van der Waals surface area contributed by atoms with Gasteiger partial charge in [-0.25, -0.2) is 24.3 Å². The highest BCUT2D eigenvalue weighted by atomic mass is 32.2. The number of aromatic nitrogens is 5. The summed E-state index contributed by atoms with van der Waals surface area (Å²) in [6.07, 6.45) is 5.56. The smallest absolute Gasteiger partial charge is 0.277 e. The molecule has 0 amide bonds. The fourth-order valence-corrected chi connectivity index (χ4v) is 3.78. The molecule has 0 saturated heterocycles. The quantitative estimate of drug-likeness (QED) is 0.568. The number of pyridine rings is 1. The number of fused-ring (bicyclic) bond motifs is 2. The first-order valence-corrected chi connectivity index (χ1v) is 9.43. The van der Waals surface area contributed by atoms with Crippen molar-refractivity contribution in [1.29, 1.82) is 0 Å². The molecule has 1 aliphatic carbocycles. The van der Waals surface area contributed by atoms with Crippen molar-refractivity contribution in [3.8, 4) is 5.82 Å². The molecule has 0 bridgehead atoms. The Balaban J connectivity index is 1.99. The average Bonchev–Trinajstić information content (AvgIpc) is 3.10. The van der Waals surface area contributed by atoms with Gasteiger partial charge in [0.15, 0.2) is 16.6 Å². The van der Waals surface area contributed by atoms with Crippen LogP contribution < -0.4 is 5.56 Å². The van der Waals surface area contributed by atoms with E-state index in [0.717, 1.165) is 12.0 Å². The lowest BCUT2D eigenvalue weighted by Crippen LogP contribution is -2.24. The molecular formula is C17H19N5O2S. The molecule has 3 aromatic heterocycles. The number of aliphatic hydroxyl groups is 1. The second-order valence-electron chi connectivity index (χ2n) is 6.30. The molecular weight excluding hydrogens is 338 g/mol. The van der Waals surface area contributed by atoms with Crippen LogP contribution in [0.4, 0.5) is 0 Å². The van der Waals surface area contributed by atoms with Gasteiger partial charge in [-0.2, -0.15) is 0 Å². The van der Waals surface area contributed by atoms with Gasteiger partial charge in [-0.1, -0.05) is 24.8 Å². The van der Waals surface area contributed by atoms with Gasteiger partial charge in [0.1, 0.15) is 11.0 Å².